The molecule has 22 heavy (non-hydrogen) atoms. The monoisotopic (exact) mass is 311 g/mol. The summed E-state index contributed by atoms with van der Waals surface area (Å²) < 4.78 is 1.88. The van der Waals surface area contributed by atoms with Crippen molar-refractivity contribution < 1.29 is 4.79 Å². The number of carbonyl (C=O) groups excluding carboxylic acids is 1. The van der Waals surface area contributed by atoms with E-state index >= 15 is 0 Å². The highest BCUT2D eigenvalue weighted by Gasteiger charge is 2.08. The highest BCUT2D eigenvalue weighted by molar-refractivity contribution is 7.13. The maximum Gasteiger partial charge on any atom is 0.261 e. The van der Waals surface area contributed by atoms with Gasteiger partial charge in [-0.3, -0.25) is 9.48 Å². The van der Waals surface area contributed by atoms with E-state index in [1.165, 1.54) is 16.9 Å². The van der Waals surface area contributed by atoms with Crippen molar-refractivity contribution in [1.29, 1.82) is 0 Å². The molecule has 0 radical (unpaired) electrons. The summed E-state index contributed by atoms with van der Waals surface area (Å²) in [6, 6.07) is 14.0. The van der Waals surface area contributed by atoms with Crippen LogP contribution in [0.1, 0.15) is 25.7 Å². The van der Waals surface area contributed by atoms with Gasteiger partial charge in [0, 0.05) is 23.2 Å². The molecule has 2 aromatic heterocycles. The van der Waals surface area contributed by atoms with Crippen molar-refractivity contribution in [1.82, 2.24) is 15.1 Å². The number of hydrogen-bond donors (Lipinski definition) is 1. The molecule has 4 nitrogen and oxygen atoms in total. The minimum absolute atomic E-state index is 0.0334. The van der Waals surface area contributed by atoms with Gasteiger partial charge in [-0.05, 0) is 24.6 Å². The third-order valence-electron chi connectivity index (χ3n) is 3.29. The lowest BCUT2D eigenvalue weighted by Crippen LogP contribution is -2.21. The lowest BCUT2D eigenvalue weighted by atomic mass is 10.2. The van der Waals surface area contributed by atoms with Crippen molar-refractivity contribution in [2.75, 3.05) is 0 Å². The Morgan fingerprint density at radius 1 is 1.18 bits per heavy atom. The predicted molar refractivity (Wildman–Crippen MR) is 88.0 cm³/mol. The van der Waals surface area contributed by atoms with Gasteiger partial charge in [0.25, 0.3) is 5.91 Å². The summed E-state index contributed by atoms with van der Waals surface area (Å²) in [4.78, 5) is 13.9. The third-order valence-corrected chi connectivity index (χ3v) is 4.29. The van der Waals surface area contributed by atoms with E-state index in [1.807, 2.05) is 48.1 Å². The van der Waals surface area contributed by atoms with Crippen LogP contribution >= 0.6 is 11.3 Å². The first-order chi connectivity index (χ1) is 10.7. The first kappa shape index (κ1) is 14.5. The molecule has 0 spiro atoms. The zero-order valence-electron chi connectivity index (χ0n) is 12.3. The molecule has 3 rings (SSSR count). The summed E-state index contributed by atoms with van der Waals surface area (Å²) in [6.45, 7) is 3.22. The Kier molecular flexibility index (Phi) is 4.34. The maximum atomic E-state index is 12.0. The van der Waals surface area contributed by atoms with Crippen molar-refractivity contribution in [2.24, 2.45) is 0 Å². The molecule has 0 atom stereocenters. The van der Waals surface area contributed by atoms with E-state index in [0.29, 0.717) is 6.54 Å². The Balaban J connectivity index is 1.57. The average molecular weight is 311 g/mol. The second-order valence-corrected chi connectivity index (χ2v) is 6.41. The van der Waals surface area contributed by atoms with Gasteiger partial charge in [-0.2, -0.15) is 5.10 Å². The van der Waals surface area contributed by atoms with E-state index in [-0.39, 0.29) is 5.91 Å². The van der Waals surface area contributed by atoms with Crippen LogP contribution in [0.2, 0.25) is 0 Å². The summed E-state index contributed by atoms with van der Waals surface area (Å²) in [5.41, 5.74) is 2.20. The van der Waals surface area contributed by atoms with Gasteiger partial charge in [-0.25, -0.2) is 0 Å². The van der Waals surface area contributed by atoms with Crippen LogP contribution in [0.15, 0.2) is 54.9 Å². The van der Waals surface area contributed by atoms with Crippen molar-refractivity contribution >= 4 is 17.2 Å². The van der Waals surface area contributed by atoms with Gasteiger partial charge in [-0.1, -0.05) is 30.3 Å². The number of hydrogen-bond acceptors (Lipinski definition) is 3. The average Bonchev–Trinajstić information content (AvgIpc) is 3.15. The number of carbonyl (C=O) groups is 1. The molecule has 0 unspecified atom stereocenters. The number of aromatic nitrogens is 2. The smallest absolute Gasteiger partial charge is 0.261 e. The largest absolute Gasteiger partial charge is 0.347 e. The van der Waals surface area contributed by atoms with Gasteiger partial charge in [0.15, 0.2) is 0 Å². The van der Waals surface area contributed by atoms with Crippen molar-refractivity contribution in [3.63, 3.8) is 0 Å². The van der Waals surface area contributed by atoms with E-state index < -0.39 is 0 Å². The fraction of sp³-hybridized carbons (Fsp3) is 0.176. The first-order valence-electron chi connectivity index (χ1n) is 7.10. The Morgan fingerprint density at radius 2 is 2.00 bits per heavy atom. The van der Waals surface area contributed by atoms with Crippen LogP contribution in [0, 0.1) is 6.92 Å². The lowest BCUT2D eigenvalue weighted by molar-refractivity contribution is 0.0955. The van der Waals surface area contributed by atoms with E-state index in [2.05, 4.69) is 22.5 Å². The number of thiophene rings is 1. The summed E-state index contributed by atoms with van der Waals surface area (Å²) >= 11 is 1.51. The summed E-state index contributed by atoms with van der Waals surface area (Å²) in [5.74, 6) is -0.0334. The van der Waals surface area contributed by atoms with Crippen LogP contribution in [0.3, 0.4) is 0 Å². The van der Waals surface area contributed by atoms with Crippen LogP contribution in [-0.4, -0.2) is 15.7 Å². The maximum absolute atomic E-state index is 12.0. The predicted octanol–water partition coefficient (Wildman–Crippen LogP) is 3.23. The molecule has 0 aliphatic heterocycles. The quantitative estimate of drug-likeness (QED) is 0.786. The first-order valence-corrected chi connectivity index (χ1v) is 7.92. The zero-order chi connectivity index (χ0) is 15.4. The van der Waals surface area contributed by atoms with Crippen LogP contribution < -0.4 is 5.32 Å². The van der Waals surface area contributed by atoms with Gasteiger partial charge in [0.2, 0.25) is 0 Å². The van der Waals surface area contributed by atoms with Crippen molar-refractivity contribution in [2.45, 2.75) is 20.0 Å². The van der Waals surface area contributed by atoms with E-state index in [0.717, 1.165) is 21.9 Å². The normalized spacial score (nSPS) is 10.6. The molecule has 1 amide bonds. The van der Waals surface area contributed by atoms with E-state index in [4.69, 9.17) is 0 Å². The summed E-state index contributed by atoms with van der Waals surface area (Å²) in [6.07, 6.45) is 3.76. The standard InChI is InChI=1S/C17H17N3OS/c1-13-7-8-16(22-13)17(21)18-9-15-10-19-20(12-15)11-14-5-3-2-4-6-14/h2-8,10,12H,9,11H2,1H3,(H,18,21). The van der Waals surface area contributed by atoms with Gasteiger partial charge in [0.05, 0.1) is 17.6 Å². The molecule has 0 aliphatic rings. The van der Waals surface area contributed by atoms with Crippen molar-refractivity contribution in [3.8, 4) is 0 Å². The summed E-state index contributed by atoms with van der Waals surface area (Å²) in [7, 11) is 0. The molecule has 0 aliphatic carbocycles. The third kappa shape index (κ3) is 3.62. The number of rotatable bonds is 5. The Hall–Kier alpha value is -2.40. The topological polar surface area (TPSA) is 46.9 Å². The van der Waals surface area contributed by atoms with Crippen molar-refractivity contribution in [3.05, 3.63) is 75.7 Å². The van der Waals surface area contributed by atoms with Crippen LogP contribution in [0.4, 0.5) is 0 Å². The number of amides is 1. The number of nitrogens with zero attached hydrogens (tertiary/aromatic N) is 2. The second-order valence-electron chi connectivity index (χ2n) is 5.12. The fourth-order valence-electron chi connectivity index (χ4n) is 2.18. The minimum atomic E-state index is -0.0334. The summed E-state index contributed by atoms with van der Waals surface area (Å²) in [5, 5.41) is 7.26. The molecule has 0 saturated heterocycles. The van der Waals surface area contributed by atoms with Gasteiger partial charge < -0.3 is 5.32 Å². The van der Waals surface area contributed by atoms with E-state index in [1.54, 1.807) is 6.20 Å². The molecular weight excluding hydrogens is 294 g/mol. The number of benzene rings is 1. The molecule has 2 heterocycles. The number of aryl methyl sites for hydroxylation is 1. The minimum Gasteiger partial charge on any atom is -0.347 e. The SMILES string of the molecule is Cc1ccc(C(=O)NCc2cnn(Cc3ccccc3)c2)s1. The highest BCUT2D eigenvalue weighted by atomic mass is 32.1. The zero-order valence-corrected chi connectivity index (χ0v) is 13.1. The molecule has 5 heteroatoms. The molecule has 1 aromatic carbocycles. The Morgan fingerprint density at radius 3 is 2.73 bits per heavy atom. The molecule has 0 saturated carbocycles. The lowest BCUT2D eigenvalue weighted by Gasteiger charge is -2.02. The van der Waals surface area contributed by atoms with Crippen LogP contribution in [0.25, 0.3) is 0 Å². The van der Waals surface area contributed by atoms with Gasteiger partial charge in [-0.15, -0.1) is 11.3 Å². The fourth-order valence-corrected chi connectivity index (χ4v) is 2.96. The Labute approximate surface area is 133 Å². The second kappa shape index (κ2) is 6.58. The highest BCUT2D eigenvalue weighted by Crippen LogP contribution is 2.14. The van der Waals surface area contributed by atoms with E-state index in [9.17, 15) is 4.79 Å². The molecule has 0 bridgehead atoms. The molecule has 112 valence electrons. The molecular formula is C17H17N3OS. The van der Waals surface area contributed by atoms with Gasteiger partial charge in [0.1, 0.15) is 0 Å². The molecule has 1 N–H and O–H groups in total. The van der Waals surface area contributed by atoms with Crippen LogP contribution in [-0.2, 0) is 13.1 Å². The number of nitrogens with one attached hydrogen (secondary N) is 1. The molecule has 3 aromatic rings. The molecule has 0 fully saturated rings. The van der Waals surface area contributed by atoms with Gasteiger partial charge >= 0.3 is 0 Å². The Bertz CT molecular complexity index is 761. The van der Waals surface area contributed by atoms with Crippen LogP contribution in [0.5, 0.6) is 0 Å².